The van der Waals surface area contributed by atoms with Crippen LogP contribution in [0.2, 0.25) is 8.87 Å². The molecule has 0 saturated carbocycles. The zero-order valence-electron chi connectivity index (χ0n) is 54.4. The van der Waals surface area contributed by atoms with Crippen molar-refractivity contribution in [2.24, 2.45) is 11.8 Å². The van der Waals surface area contributed by atoms with E-state index in [1.165, 1.54) is 321 Å². The van der Waals surface area contributed by atoms with Crippen molar-refractivity contribution in [3.8, 4) is 0 Å². The Morgan fingerprint density at radius 1 is 0.253 bits per heavy atom. The molecule has 2 atom stereocenters. The molecule has 7 heteroatoms. The van der Waals surface area contributed by atoms with Gasteiger partial charge in [0.1, 0.15) is 0 Å². The van der Waals surface area contributed by atoms with Gasteiger partial charge in [0.25, 0.3) is 0 Å². The van der Waals surface area contributed by atoms with Gasteiger partial charge < -0.3 is 0 Å². The van der Waals surface area contributed by atoms with E-state index in [0.717, 1.165) is 73.1 Å². The predicted molar refractivity (Wildman–Crippen MR) is 362 cm³/mol. The van der Waals surface area contributed by atoms with Crippen LogP contribution in [-0.2, 0) is 15.7 Å². The molecule has 79 heavy (non-hydrogen) atoms. The molecule has 0 bridgehead atoms. The Labute approximate surface area is 513 Å². The van der Waals surface area contributed by atoms with E-state index in [4.69, 9.17) is 6.15 Å². The Morgan fingerprint density at radius 3 is 0.595 bits per heavy atom. The number of unbranched alkanes of at least 4 members (excludes halogenated alkanes) is 52. The Hall–Kier alpha value is 0.439. The number of carbonyl (C=O) groups excluding carboxylic acids is 2. The zero-order valence-corrected chi connectivity index (χ0v) is 59.1. The summed E-state index contributed by atoms with van der Waals surface area (Å²) >= 11 is 5.11. The summed E-state index contributed by atoms with van der Waals surface area (Å²) in [5, 5.41) is 0. The van der Waals surface area contributed by atoms with E-state index in [0.29, 0.717) is 11.5 Å². The average molecular weight is 1260 g/mol. The Kier molecular flexibility index (Phi) is 66.3. The quantitative estimate of drug-likeness (QED) is 0.0362. The summed E-state index contributed by atoms with van der Waals surface area (Å²) in [5.41, 5.74) is 0. The van der Waals surface area contributed by atoms with Crippen molar-refractivity contribution >= 4 is 56.4 Å². The molecule has 0 N–H and O–H groups in total. The van der Waals surface area contributed by atoms with E-state index in [1.807, 2.05) is 0 Å². The molecule has 0 saturated heterocycles. The van der Waals surface area contributed by atoms with Gasteiger partial charge in [-0.15, -0.1) is 0 Å². The normalized spacial score (nSPS) is 12.6. The molecule has 0 amide bonds. The van der Waals surface area contributed by atoms with Gasteiger partial charge in [-0.3, -0.25) is 0 Å². The molecule has 472 valence electrons. The van der Waals surface area contributed by atoms with Crippen LogP contribution in [0.25, 0.3) is 0 Å². The van der Waals surface area contributed by atoms with Gasteiger partial charge in [-0.2, -0.15) is 0 Å². The number of hydrogen-bond donors (Lipinski definition) is 2. The summed E-state index contributed by atoms with van der Waals surface area (Å²) in [4.78, 5) is 29.3. The molecular formula is C72H144O4S2Sn. The number of carbonyl (C=O) groups is 2. The van der Waals surface area contributed by atoms with Crippen molar-refractivity contribution in [3.05, 3.63) is 0 Å². The van der Waals surface area contributed by atoms with Gasteiger partial charge in [0.2, 0.25) is 0 Å². The van der Waals surface area contributed by atoms with Crippen LogP contribution < -0.4 is 0 Å². The fourth-order valence-electron chi connectivity index (χ4n) is 12.3. The standard InChI is InChI=1S/2C24H48O2S.2C12H25.Sn/c2*1-2-3-4-5-6-7-8-9-10-11-12-13-14-15-16-17-18-19-20-23(21-22-27)24(25)26;2*1-3-5-7-9-11-12-10-8-6-4-2;/h2*23,27H,2-22H2,1H3,(H,25,26);2*1,3-12H2,2H3;/q;;;;+2/p-2. The molecule has 0 aliphatic rings. The summed E-state index contributed by atoms with van der Waals surface area (Å²) in [7, 11) is 0. The zero-order chi connectivity index (χ0) is 57.5. The molecule has 0 spiro atoms. The third-order valence-electron chi connectivity index (χ3n) is 17.8. The van der Waals surface area contributed by atoms with Crippen molar-refractivity contribution in [2.75, 3.05) is 11.5 Å². The summed E-state index contributed by atoms with van der Waals surface area (Å²) in [6, 6.07) is 0. The first kappa shape index (κ1) is 79.4. The molecule has 0 aliphatic heterocycles. The third kappa shape index (κ3) is 56.0. The minimum absolute atomic E-state index is 0.0574. The molecule has 2 unspecified atom stereocenters. The van der Waals surface area contributed by atoms with Gasteiger partial charge in [-0.25, -0.2) is 0 Å². The van der Waals surface area contributed by atoms with E-state index in [1.54, 1.807) is 0 Å². The number of thiol groups is 2. The van der Waals surface area contributed by atoms with E-state index < -0.39 is 19.2 Å². The molecule has 0 aromatic rings. The predicted octanol–water partition coefficient (Wildman–Crippen LogP) is 26.1. The minimum atomic E-state index is -4.26. The van der Waals surface area contributed by atoms with Crippen molar-refractivity contribution in [1.82, 2.24) is 0 Å². The molecule has 0 aromatic heterocycles. The van der Waals surface area contributed by atoms with Crippen LogP contribution in [0, 0.1) is 11.8 Å². The van der Waals surface area contributed by atoms with Gasteiger partial charge in [0, 0.05) is 0 Å². The second-order valence-corrected chi connectivity index (χ2v) is 35.7. The maximum atomic E-state index is 14.6. The second-order valence-electron chi connectivity index (χ2n) is 25.6. The van der Waals surface area contributed by atoms with E-state index in [2.05, 4.69) is 53.0 Å². The molecule has 0 rings (SSSR count). The van der Waals surface area contributed by atoms with Gasteiger partial charge >= 0.3 is 375 Å². The first-order valence-electron chi connectivity index (χ1n) is 36.6. The van der Waals surface area contributed by atoms with E-state index in [9.17, 15) is 9.59 Å². The summed E-state index contributed by atoms with van der Waals surface area (Å²) in [5.74, 6) is 0.947. The SMILES string of the molecule is CCCCCCCCCCCCCCCCCCCCC(CCS)C(=O)[O][Sn]([CH2]CCCCCCCCCCC)([CH2]CCCCCCCCCCC)[O]C(=O)C(CCS)CCCCCCCCCCCCCCCCCCCC. The molecular weight excluding hydrogens is 1110 g/mol. The topological polar surface area (TPSA) is 52.6 Å². The third-order valence-corrected chi connectivity index (χ3v) is 28.0. The van der Waals surface area contributed by atoms with Crippen LogP contribution in [-0.4, -0.2) is 42.6 Å². The molecule has 4 nitrogen and oxygen atoms in total. The molecule has 0 aromatic carbocycles. The second kappa shape index (κ2) is 66.0. The molecule has 0 radical (unpaired) electrons. The van der Waals surface area contributed by atoms with Gasteiger partial charge in [0.05, 0.1) is 0 Å². The van der Waals surface area contributed by atoms with E-state index in [-0.39, 0.29) is 23.8 Å². The maximum absolute atomic E-state index is 14.6. The van der Waals surface area contributed by atoms with Crippen molar-refractivity contribution in [1.29, 1.82) is 0 Å². The van der Waals surface area contributed by atoms with Crippen LogP contribution in [0.1, 0.15) is 413 Å². The monoisotopic (exact) mass is 1260 g/mol. The van der Waals surface area contributed by atoms with Crippen molar-refractivity contribution < 1.29 is 15.7 Å². The fraction of sp³-hybridized carbons (Fsp3) is 0.972. The van der Waals surface area contributed by atoms with Crippen LogP contribution in [0.15, 0.2) is 0 Å². The average Bonchev–Trinajstić information content (AvgIpc) is 3.44. The molecule has 0 fully saturated rings. The molecule has 0 aliphatic carbocycles. The van der Waals surface area contributed by atoms with Gasteiger partial charge in [-0.05, 0) is 0 Å². The summed E-state index contributed by atoms with van der Waals surface area (Å²) < 4.78 is 15.7. The first-order chi connectivity index (χ1) is 38.9. The Bertz CT molecular complexity index is 1110. The van der Waals surface area contributed by atoms with Gasteiger partial charge in [0.15, 0.2) is 0 Å². The summed E-state index contributed by atoms with van der Waals surface area (Å²) in [6.07, 6.45) is 77.6. The Balaban J connectivity index is 5.53. The van der Waals surface area contributed by atoms with Crippen LogP contribution in [0.5, 0.6) is 0 Å². The van der Waals surface area contributed by atoms with Crippen LogP contribution in [0.3, 0.4) is 0 Å². The first-order valence-corrected chi connectivity index (χ1v) is 44.2. The van der Waals surface area contributed by atoms with Crippen molar-refractivity contribution in [2.45, 2.75) is 422 Å². The van der Waals surface area contributed by atoms with E-state index >= 15 is 0 Å². The molecule has 0 heterocycles. The fourth-order valence-corrected chi connectivity index (χ4v) is 22.5. The summed E-state index contributed by atoms with van der Waals surface area (Å²) in [6.45, 7) is 9.19. The smallest absolute Gasteiger partial charge is 0.0654 e. The van der Waals surface area contributed by atoms with Crippen molar-refractivity contribution in [3.63, 3.8) is 0 Å². The number of hydrogen-bond acceptors (Lipinski definition) is 6. The minimum Gasteiger partial charge on any atom is -0.0654 e. The van der Waals surface area contributed by atoms with Crippen LogP contribution in [0.4, 0.5) is 0 Å². The Morgan fingerprint density at radius 2 is 0.418 bits per heavy atom. The number of rotatable bonds is 68. The van der Waals surface area contributed by atoms with Gasteiger partial charge in [-0.1, -0.05) is 142 Å². The van der Waals surface area contributed by atoms with Crippen LogP contribution >= 0.6 is 25.3 Å².